The molecule has 156 valence electrons. The molecule has 5 nitrogen and oxygen atoms in total. The summed E-state index contributed by atoms with van der Waals surface area (Å²) < 4.78 is 6.26. The Labute approximate surface area is 181 Å². The molecule has 30 heavy (non-hydrogen) atoms. The van der Waals surface area contributed by atoms with Gasteiger partial charge < -0.3 is 9.64 Å². The molecule has 3 aromatic rings. The van der Waals surface area contributed by atoms with E-state index >= 15 is 0 Å². The molecule has 1 aromatic heterocycles. The van der Waals surface area contributed by atoms with E-state index in [1.54, 1.807) is 11.3 Å². The topological polar surface area (TPSA) is 45.7 Å². The Kier molecular flexibility index (Phi) is 6.16. The largest absolute Gasteiger partial charge is 0.465 e. The Morgan fingerprint density at radius 2 is 1.90 bits per heavy atom. The third-order valence-electron chi connectivity index (χ3n) is 5.29. The van der Waals surface area contributed by atoms with Crippen LogP contribution in [0.2, 0.25) is 0 Å². The minimum Gasteiger partial charge on any atom is -0.465 e. The van der Waals surface area contributed by atoms with E-state index in [0.29, 0.717) is 5.56 Å². The monoisotopic (exact) mass is 421 g/mol. The summed E-state index contributed by atoms with van der Waals surface area (Å²) in [5.41, 5.74) is 5.00. The average Bonchev–Trinajstić information content (AvgIpc) is 3.15. The highest BCUT2D eigenvalue weighted by atomic mass is 32.1. The normalized spacial score (nSPS) is 14.7. The summed E-state index contributed by atoms with van der Waals surface area (Å²) in [6.07, 6.45) is 2.13. The Morgan fingerprint density at radius 1 is 1.13 bits per heavy atom. The molecular weight excluding hydrogens is 394 g/mol. The third kappa shape index (κ3) is 4.55. The van der Waals surface area contributed by atoms with Gasteiger partial charge in [0, 0.05) is 26.2 Å². The second kappa shape index (κ2) is 8.98. The maximum Gasteiger partial charge on any atom is 0.339 e. The molecule has 0 N–H and O–H groups in total. The van der Waals surface area contributed by atoms with Crippen LogP contribution >= 0.6 is 11.3 Å². The lowest BCUT2D eigenvalue weighted by atomic mass is 10.1. The van der Waals surface area contributed by atoms with Gasteiger partial charge >= 0.3 is 5.97 Å². The Hall–Kier alpha value is -2.70. The molecule has 1 aliphatic heterocycles. The highest BCUT2D eigenvalue weighted by Gasteiger charge is 2.23. The van der Waals surface area contributed by atoms with Crippen LogP contribution in [0.3, 0.4) is 0 Å². The predicted molar refractivity (Wildman–Crippen MR) is 124 cm³/mol. The molecule has 0 spiro atoms. The molecule has 2 heterocycles. The van der Waals surface area contributed by atoms with E-state index < -0.39 is 0 Å². The van der Waals surface area contributed by atoms with E-state index in [4.69, 9.17) is 9.72 Å². The minimum atomic E-state index is -0.286. The maximum atomic E-state index is 12.3. The number of hydrogen-bond acceptors (Lipinski definition) is 6. The van der Waals surface area contributed by atoms with Gasteiger partial charge in [-0.3, -0.25) is 4.90 Å². The van der Waals surface area contributed by atoms with Crippen molar-refractivity contribution >= 4 is 39.3 Å². The molecule has 6 heteroatoms. The van der Waals surface area contributed by atoms with Gasteiger partial charge in [-0.05, 0) is 43.7 Å². The fourth-order valence-electron chi connectivity index (χ4n) is 3.84. The van der Waals surface area contributed by atoms with Crippen LogP contribution in [0, 0.1) is 0 Å². The van der Waals surface area contributed by atoms with E-state index in [0.717, 1.165) is 54.5 Å². The SMILES string of the molecule is COC(=O)c1ccc(C=C(C)C)cc1N1CCN(Cc2nc3ccccc3s2)CC1. The standard InChI is InChI=1S/C24H27N3O2S/c1-17(2)14-18-8-9-19(24(28)29-3)21(15-18)27-12-10-26(11-13-27)16-23-25-20-6-4-5-7-22(20)30-23/h4-9,14-15H,10-13,16H2,1-3H3. The molecule has 1 saturated heterocycles. The number of benzene rings is 2. The zero-order chi connectivity index (χ0) is 21.1. The van der Waals surface area contributed by atoms with Crippen LogP contribution in [0.15, 0.2) is 48.0 Å². The Balaban J connectivity index is 1.48. The van der Waals surface area contributed by atoms with E-state index in [-0.39, 0.29) is 5.97 Å². The first-order valence-corrected chi connectivity index (χ1v) is 11.0. The van der Waals surface area contributed by atoms with E-state index in [1.165, 1.54) is 17.4 Å². The highest BCUT2D eigenvalue weighted by Crippen LogP contribution is 2.27. The molecule has 0 saturated carbocycles. The molecule has 0 radical (unpaired) electrons. The molecular formula is C24H27N3O2S. The Morgan fingerprint density at radius 3 is 2.60 bits per heavy atom. The fourth-order valence-corrected chi connectivity index (χ4v) is 4.85. The number of esters is 1. The lowest BCUT2D eigenvalue weighted by Crippen LogP contribution is -2.46. The number of allylic oxidation sites excluding steroid dienone is 1. The number of methoxy groups -OCH3 is 1. The highest BCUT2D eigenvalue weighted by molar-refractivity contribution is 7.18. The van der Waals surface area contributed by atoms with Gasteiger partial charge in [-0.15, -0.1) is 11.3 Å². The van der Waals surface area contributed by atoms with Gasteiger partial charge in [0.25, 0.3) is 0 Å². The predicted octanol–water partition coefficient (Wildman–Crippen LogP) is 4.83. The number of anilines is 1. The van der Waals surface area contributed by atoms with E-state index in [1.807, 2.05) is 18.2 Å². The van der Waals surface area contributed by atoms with Crippen LogP contribution in [0.4, 0.5) is 5.69 Å². The number of hydrogen-bond donors (Lipinski definition) is 0. The summed E-state index contributed by atoms with van der Waals surface area (Å²) in [5, 5.41) is 1.16. The van der Waals surface area contributed by atoms with Crippen molar-refractivity contribution in [1.82, 2.24) is 9.88 Å². The second-order valence-electron chi connectivity index (χ2n) is 7.83. The Bertz CT molecular complexity index is 1040. The number of carbonyl (C=O) groups excluding carboxylic acids is 1. The average molecular weight is 422 g/mol. The summed E-state index contributed by atoms with van der Waals surface area (Å²) in [5.74, 6) is -0.286. The van der Waals surface area contributed by atoms with Crippen LogP contribution in [-0.2, 0) is 11.3 Å². The number of aromatic nitrogens is 1. The smallest absolute Gasteiger partial charge is 0.339 e. The van der Waals surface area contributed by atoms with Crippen molar-refractivity contribution in [3.63, 3.8) is 0 Å². The van der Waals surface area contributed by atoms with Gasteiger partial charge in [0.1, 0.15) is 5.01 Å². The molecule has 0 bridgehead atoms. The van der Waals surface area contributed by atoms with Crippen LogP contribution in [0.1, 0.15) is 34.8 Å². The van der Waals surface area contributed by atoms with Crippen molar-refractivity contribution in [3.05, 3.63) is 64.2 Å². The van der Waals surface area contributed by atoms with Crippen molar-refractivity contribution in [2.75, 3.05) is 38.2 Å². The zero-order valence-corrected chi connectivity index (χ0v) is 18.5. The van der Waals surface area contributed by atoms with E-state index in [9.17, 15) is 4.79 Å². The van der Waals surface area contributed by atoms with Gasteiger partial charge in [-0.2, -0.15) is 0 Å². The van der Waals surface area contributed by atoms with Crippen molar-refractivity contribution in [2.24, 2.45) is 0 Å². The van der Waals surface area contributed by atoms with Crippen LogP contribution < -0.4 is 4.90 Å². The summed E-state index contributed by atoms with van der Waals surface area (Å²) in [6.45, 7) is 8.63. The number of rotatable bonds is 5. The lowest BCUT2D eigenvalue weighted by molar-refractivity contribution is 0.0601. The first kappa shape index (κ1) is 20.6. The molecule has 0 amide bonds. The van der Waals surface area contributed by atoms with Crippen LogP contribution in [-0.4, -0.2) is 49.1 Å². The second-order valence-corrected chi connectivity index (χ2v) is 8.94. The van der Waals surface area contributed by atoms with Crippen molar-refractivity contribution in [2.45, 2.75) is 20.4 Å². The number of thiazole rings is 1. The molecule has 2 aromatic carbocycles. The fraction of sp³-hybridized carbons (Fsp3) is 0.333. The first-order chi connectivity index (χ1) is 14.5. The number of para-hydroxylation sites is 1. The zero-order valence-electron chi connectivity index (χ0n) is 17.7. The third-order valence-corrected chi connectivity index (χ3v) is 6.31. The summed E-state index contributed by atoms with van der Waals surface area (Å²) >= 11 is 1.77. The van der Waals surface area contributed by atoms with Crippen molar-refractivity contribution < 1.29 is 9.53 Å². The van der Waals surface area contributed by atoms with Crippen molar-refractivity contribution in [1.29, 1.82) is 0 Å². The molecule has 0 aliphatic carbocycles. The van der Waals surface area contributed by atoms with Gasteiger partial charge in [0.2, 0.25) is 0 Å². The first-order valence-electron chi connectivity index (χ1n) is 10.2. The summed E-state index contributed by atoms with van der Waals surface area (Å²) in [7, 11) is 1.44. The number of ether oxygens (including phenoxy) is 1. The molecule has 0 atom stereocenters. The summed E-state index contributed by atoms with van der Waals surface area (Å²) in [6, 6.07) is 14.2. The van der Waals surface area contributed by atoms with Gasteiger partial charge in [-0.25, -0.2) is 9.78 Å². The minimum absolute atomic E-state index is 0.286. The van der Waals surface area contributed by atoms with Gasteiger partial charge in [-0.1, -0.05) is 29.8 Å². The molecule has 0 unspecified atom stereocenters. The number of fused-ring (bicyclic) bond motifs is 1. The van der Waals surface area contributed by atoms with Gasteiger partial charge in [0.05, 0.1) is 35.1 Å². The molecule has 1 aliphatic rings. The number of nitrogens with zero attached hydrogens (tertiary/aromatic N) is 3. The number of carbonyl (C=O) groups is 1. The molecule has 4 rings (SSSR count). The van der Waals surface area contributed by atoms with Crippen molar-refractivity contribution in [3.8, 4) is 0 Å². The van der Waals surface area contributed by atoms with E-state index in [2.05, 4.69) is 54.0 Å². The lowest BCUT2D eigenvalue weighted by Gasteiger charge is -2.36. The van der Waals surface area contributed by atoms with Gasteiger partial charge in [0.15, 0.2) is 0 Å². The number of piperazine rings is 1. The summed E-state index contributed by atoms with van der Waals surface area (Å²) in [4.78, 5) is 21.8. The maximum absolute atomic E-state index is 12.3. The van der Waals surface area contributed by atoms with Crippen LogP contribution in [0.5, 0.6) is 0 Å². The van der Waals surface area contributed by atoms with Crippen LogP contribution in [0.25, 0.3) is 16.3 Å². The molecule has 1 fully saturated rings. The quantitative estimate of drug-likeness (QED) is 0.552.